The largest absolute Gasteiger partial charge is 0.454 e. The number of rotatable bonds is 5. The monoisotopic (exact) mass is 395 g/mol. The highest BCUT2D eigenvalue weighted by Gasteiger charge is 2.13. The van der Waals surface area contributed by atoms with E-state index in [0.717, 1.165) is 28.3 Å². The third-order valence-electron chi connectivity index (χ3n) is 4.36. The van der Waals surface area contributed by atoms with E-state index < -0.39 is 0 Å². The number of benzene rings is 2. The van der Waals surface area contributed by atoms with Gasteiger partial charge in [0.15, 0.2) is 11.5 Å². The number of nitrogens with zero attached hydrogens (tertiary/aromatic N) is 1. The second-order valence-corrected chi connectivity index (χ2v) is 6.82. The molecule has 0 bridgehead atoms. The predicted octanol–water partition coefficient (Wildman–Crippen LogP) is 4.64. The number of fused-ring (bicyclic) bond motifs is 1. The highest BCUT2D eigenvalue weighted by molar-refractivity contribution is 6.30. The van der Waals surface area contributed by atoms with Crippen molar-refractivity contribution in [2.45, 2.75) is 13.5 Å². The standard InChI is InChI=1S/C21H18ClN3O3/c1-13-8-15(22)3-4-17(13)25-21(26)18-10-16(6-7-23-18)24-11-14-2-5-19-20(9-14)28-12-27-19/h2-10H,11-12H2,1H3,(H,23,24)(H,25,26). The molecular formula is C21H18ClN3O3. The lowest BCUT2D eigenvalue weighted by molar-refractivity contribution is 0.102. The van der Waals surface area contributed by atoms with Crippen molar-refractivity contribution in [2.75, 3.05) is 17.4 Å². The van der Waals surface area contributed by atoms with Crippen LogP contribution in [0.2, 0.25) is 5.02 Å². The number of pyridine rings is 1. The number of nitrogens with one attached hydrogen (secondary N) is 2. The third kappa shape index (κ3) is 4.02. The number of carbonyl (C=O) groups is 1. The van der Waals surface area contributed by atoms with Gasteiger partial charge in [-0.25, -0.2) is 0 Å². The molecule has 1 aliphatic rings. The first-order valence-electron chi connectivity index (χ1n) is 8.74. The molecule has 7 heteroatoms. The summed E-state index contributed by atoms with van der Waals surface area (Å²) in [7, 11) is 0. The number of halogens is 1. The maximum atomic E-state index is 12.5. The minimum absolute atomic E-state index is 0.252. The number of amides is 1. The average Bonchev–Trinajstić information content (AvgIpc) is 3.16. The fourth-order valence-corrected chi connectivity index (χ4v) is 3.10. The zero-order valence-corrected chi connectivity index (χ0v) is 15.9. The van der Waals surface area contributed by atoms with E-state index in [1.807, 2.05) is 31.2 Å². The Labute approximate surface area is 167 Å². The highest BCUT2D eigenvalue weighted by Crippen LogP contribution is 2.32. The van der Waals surface area contributed by atoms with E-state index in [0.29, 0.717) is 22.9 Å². The maximum absolute atomic E-state index is 12.5. The Bertz CT molecular complexity index is 1040. The van der Waals surface area contributed by atoms with Gasteiger partial charge in [0, 0.05) is 29.1 Å². The Kier molecular flexibility index (Phi) is 5.04. The van der Waals surface area contributed by atoms with Gasteiger partial charge in [0.1, 0.15) is 5.69 Å². The van der Waals surface area contributed by atoms with Gasteiger partial charge < -0.3 is 20.1 Å². The van der Waals surface area contributed by atoms with Crippen LogP contribution in [0.5, 0.6) is 11.5 Å². The lowest BCUT2D eigenvalue weighted by Crippen LogP contribution is -2.14. The van der Waals surface area contributed by atoms with E-state index in [1.165, 1.54) is 0 Å². The topological polar surface area (TPSA) is 72.5 Å². The van der Waals surface area contributed by atoms with E-state index >= 15 is 0 Å². The summed E-state index contributed by atoms with van der Waals surface area (Å²) in [4.78, 5) is 16.7. The van der Waals surface area contributed by atoms with Crippen LogP contribution in [0.1, 0.15) is 21.6 Å². The number of aryl methyl sites for hydroxylation is 1. The molecule has 6 nitrogen and oxygen atoms in total. The molecule has 0 aliphatic carbocycles. The fraction of sp³-hybridized carbons (Fsp3) is 0.143. The van der Waals surface area contributed by atoms with Crippen LogP contribution in [0.15, 0.2) is 54.7 Å². The first kappa shape index (κ1) is 18.1. The number of anilines is 2. The van der Waals surface area contributed by atoms with Gasteiger partial charge >= 0.3 is 0 Å². The molecule has 0 spiro atoms. The zero-order valence-electron chi connectivity index (χ0n) is 15.2. The van der Waals surface area contributed by atoms with Crippen molar-refractivity contribution in [2.24, 2.45) is 0 Å². The van der Waals surface area contributed by atoms with Crippen LogP contribution in [0.4, 0.5) is 11.4 Å². The molecule has 0 saturated carbocycles. The van der Waals surface area contributed by atoms with Gasteiger partial charge in [-0.2, -0.15) is 0 Å². The molecule has 1 amide bonds. The minimum Gasteiger partial charge on any atom is -0.454 e. The van der Waals surface area contributed by atoms with Crippen LogP contribution >= 0.6 is 11.6 Å². The number of hydrogen-bond donors (Lipinski definition) is 2. The van der Waals surface area contributed by atoms with Gasteiger partial charge in [0.25, 0.3) is 5.91 Å². The predicted molar refractivity (Wildman–Crippen MR) is 108 cm³/mol. The van der Waals surface area contributed by atoms with Crippen molar-refractivity contribution >= 4 is 28.9 Å². The van der Waals surface area contributed by atoms with E-state index in [2.05, 4.69) is 15.6 Å². The van der Waals surface area contributed by atoms with E-state index in [9.17, 15) is 4.79 Å². The number of hydrogen-bond acceptors (Lipinski definition) is 5. The summed E-state index contributed by atoms with van der Waals surface area (Å²) in [6, 6.07) is 14.6. The second-order valence-electron chi connectivity index (χ2n) is 6.38. The summed E-state index contributed by atoms with van der Waals surface area (Å²) in [6.45, 7) is 2.72. The molecule has 28 heavy (non-hydrogen) atoms. The normalized spacial score (nSPS) is 11.9. The Hall–Kier alpha value is -3.25. The Morgan fingerprint density at radius 1 is 1.11 bits per heavy atom. The molecule has 142 valence electrons. The lowest BCUT2D eigenvalue weighted by Gasteiger charge is -2.10. The summed E-state index contributed by atoms with van der Waals surface area (Å²) in [5.74, 6) is 1.22. The van der Waals surface area contributed by atoms with E-state index in [4.69, 9.17) is 21.1 Å². The number of carbonyl (C=O) groups excluding carboxylic acids is 1. The number of aromatic nitrogens is 1. The first-order valence-corrected chi connectivity index (χ1v) is 9.12. The summed E-state index contributed by atoms with van der Waals surface area (Å²) >= 11 is 5.96. The fourth-order valence-electron chi connectivity index (χ4n) is 2.87. The van der Waals surface area contributed by atoms with Crippen molar-refractivity contribution in [1.82, 2.24) is 4.98 Å². The quantitative estimate of drug-likeness (QED) is 0.658. The molecule has 0 fully saturated rings. The van der Waals surface area contributed by atoms with Crippen LogP contribution < -0.4 is 20.1 Å². The zero-order chi connectivity index (χ0) is 19.5. The minimum atomic E-state index is -0.280. The molecule has 2 heterocycles. The first-order chi connectivity index (χ1) is 13.6. The summed E-state index contributed by atoms with van der Waals surface area (Å²) in [5.41, 5.74) is 3.76. The molecule has 4 rings (SSSR count). The molecule has 1 aliphatic heterocycles. The second kappa shape index (κ2) is 7.78. The SMILES string of the molecule is Cc1cc(Cl)ccc1NC(=O)c1cc(NCc2ccc3c(c2)OCO3)ccn1. The molecule has 0 atom stereocenters. The van der Waals surface area contributed by atoms with Crippen LogP contribution in [0.3, 0.4) is 0 Å². The molecule has 1 aromatic heterocycles. The summed E-state index contributed by atoms with van der Waals surface area (Å²) in [5, 5.41) is 6.79. The van der Waals surface area contributed by atoms with Crippen molar-refractivity contribution in [3.8, 4) is 11.5 Å². The van der Waals surface area contributed by atoms with Gasteiger partial charge in [-0.1, -0.05) is 17.7 Å². The van der Waals surface area contributed by atoms with E-state index in [1.54, 1.807) is 30.5 Å². The highest BCUT2D eigenvalue weighted by atomic mass is 35.5. The molecule has 3 aromatic rings. The van der Waals surface area contributed by atoms with Crippen molar-refractivity contribution in [1.29, 1.82) is 0 Å². The van der Waals surface area contributed by atoms with Gasteiger partial charge in [0.05, 0.1) is 0 Å². The van der Waals surface area contributed by atoms with E-state index in [-0.39, 0.29) is 12.7 Å². The molecular weight excluding hydrogens is 378 g/mol. The molecule has 0 saturated heterocycles. The molecule has 2 N–H and O–H groups in total. The van der Waals surface area contributed by atoms with Crippen LogP contribution in [0, 0.1) is 6.92 Å². The number of ether oxygens (including phenoxy) is 2. The average molecular weight is 396 g/mol. The summed E-state index contributed by atoms with van der Waals surface area (Å²) in [6.07, 6.45) is 1.60. The smallest absolute Gasteiger partial charge is 0.274 e. The van der Waals surface area contributed by atoms with Gasteiger partial charge in [0.2, 0.25) is 6.79 Å². The van der Waals surface area contributed by atoms with Crippen LogP contribution in [-0.2, 0) is 6.54 Å². The summed E-state index contributed by atoms with van der Waals surface area (Å²) < 4.78 is 10.7. The Morgan fingerprint density at radius 2 is 1.96 bits per heavy atom. The van der Waals surface area contributed by atoms with Crippen LogP contribution in [0.25, 0.3) is 0 Å². The Morgan fingerprint density at radius 3 is 2.82 bits per heavy atom. The van der Waals surface area contributed by atoms with Crippen LogP contribution in [-0.4, -0.2) is 17.7 Å². The Balaban J connectivity index is 1.43. The lowest BCUT2D eigenvalue weighted by atomic mass is 10.2. The van der Waals surface area contributed by atoms with Crippen molar-refractivity contribution in [3.05, 3.63) is 76.6 Å². The van der Waals surface area contributed by atoms with Gasteiger partial charge in [-0.05, 0) is 60.5 Å². The van der Waals surface area contributed by atoms with Gasteiger partial charge in [-0.15, -0.1) is 0 Å². The molecule has 2 aromatic carbocycles. The van der Waals surface area contributed by atoms with Crippen molar-refractivity contribution in [3.63, 3.8) is 0 Å². The van der Waals surface area contributed by atoms with Gasteiger partial charge in [-0.3, -0.25) is 9.78 Å². The maximum Gasteiger partial charge on any atom is 0.274 e. The molecule has 0 radical (unpaired) electrons. The molecule has 0 unspecified atom stereocenters. The van der Waals surface area contributed by atoms with Crippen molar-refractivity contribution < 1.29 is 14.3 Å². The third-order valence-corrected chi connectivity index (χ3v) is 4.60.